The number of hydrogen-bond donors (Lipinski definition) is 1. The highest BCUT2D eigenvalue weighted by molar-refractivity contribution is 8.10. The van der Waals surface area contributed by atoms with Crippen LogP contribution in [0.3, 0.4) is 0 Å². The van der Waals surface area contributed by atoms with Gasteiger partial charge in [0.15, 0.2) is 0 Å². The molecule has 0 N–H and O–H groups in total. The predicted molar refractivity (Wildman–Crippen MR) is 60.8 cm³/mol. The van der Waals surface area contributed by atoms with E-state index in [2.05, 4.69) is 26.5 Å². The molecule has 0 saturated heterocycles. The van der Waals surface area contributed by atoms with Crippen molar-refractivity contribution in [3.8, 4) is 0 Å². The van der Waals surface area contributed by atoms with Crippen molar-refractivity contribution in [3.63, 3.8) is 0 Å². The summed E-state index contributed by atoms with van der Waals surface area (Å²) in [6.45, 7) is 6.49. The molecule has 72 valence electrons. The highest BCUT2D eigenvalue weighted by Crippen LogP contribution is 2.10. The van der Waals surface area contributed by atoms with Gasteiger partial charge in [-0.3, -0.25) is 0 Å². The molecule has 0 bridgehead atoms. The summed E-state index contributed by atoms with van der Waals surface area (Å²) in [4.78, 5) is 0. The van der Waals surface area contributed by atoms with Gasteiger partial charge in [-0.25, -0.2) is 0 Å². The van der Waals surface area contributed by atoms with Crippen LogP contribution in [-0.2, 0) is 4.74 Å². The summed E-state index contributed by atoms with van der Waals surface area (Å²) in [7, 11) is 0. The third kappa shape index (κ3) is 8.34. The standard InChI is InChI=1S/C9H18OS2/c1-7(2)5-4-6-8(3)10-9(11)12/h7-8H,4-6H2,1-3H3,(H,11,12). The van der Waals surface area contributed by atoms with Crippen LogP contribution in [0, 0.1) is 5.92 Å². The Bertz CT molecular complexity index is 134. The number of thiocarbonyl (C=S) groups is 1. The predicted octanol–water partition coefficient (Wildman–Crippen LogP) is 3.43. The molecule has 0 heterocycles. The Kier molecular flexibility index (Phi) is 6.86. The zero-order valence-corrected chi connectivity index (χ0v) is 9.75. The van der Waals surface area contributed by atoms with Crippen LogP contribution in [0.15, 0.2) is 0 Å². The summed E-state index contributed by atoms with van der Waals surface area (Å²) in [5.41, 5.74) is 0. The molecule has 0 aliphatic carbocycles. The minimum Gasteiger partial charge on any atom is -0.476 e. The highest BCUT2D eigenvalue weighted by atomic mass is 32.1. The summed E-state index contributed by atoms with van der Waals surface area (Å²) in [6.07, 6.45) is 3.75. The molecule has 0 aromatic heterocycles. The van der Waals surface area contributed by atoms with Crippen LogP contribution in [0.2, 0.25) is 0 Å². The molecule has 0 radical (unpaired) electrons. The first-order chi connectivity index (χ1) is 5.52. The quantitative estimate of drug-likeness (QED) is 0.545. The summed E-state index contributed by atoms with van der Waals surface area (Å²) in [5, 5.41) is 0. The topological polar surface area (TPSA) is 9.23 Å². The molecule has 1 unspecified atom stereocenters. The van der Waals surface area contributed by atoms with Crippen LogP contribution < -0.4 is 0 Å². The summed E-state index contributed by atoms with van der Waals surface area (Å²) in [6, 6.07) is 0. The first-order valence-electron chi connectivity index (χ1n) is 4.42. The second kappa shape index (κ2) is 6.72. The first kappa shape index (κ1) is 12.2. The molecular weight excluding hydrogens is 188 g/mol. The molecule has 0 amide bonds. The van der Waals surface area contributed by atoms with Gasteiger partial charge in [-0.1, -0.05) is 32.9 Å². The Morgan fingerprint density at radius 2 is 1.92 bits per heavy atom. The van der Waals surface area contributed by atoms with E-state index in [4.69, 9.17) is 17.0 Å². The number of ether oxygens (including phenoxy) is 1. The van der Waals surface area contributed by atoms with E-state index in [0.717, 1.165) is 12.3 Å². The third-order valence-electron chi connectivity index (χ3n) is 1.69. The van der Waals surface area contributed by atoms with Crippen molar-refractivity contribution in [1.29, 1.82) is 0 Å². The van der Waals surface area contributed by atoms with E-state index in [0.29, 0.717) is 4.38 Å². The van der Waals surface area contributed by atoms with Crippen molar-refractivity contribution in [1.82, 2.24) is 0 Å². The number of thiol groups is 1. The smallest absolute Gasteiger partial charge is 0.217 e. The lowest BCUT2D eigenvalue weighted by molar-refractivity contribution is 0.204. The van der Waals surface area contributed by atoms with Crippen molar-refractivity contribution < 1.29 is 4.74 Å². The van der Waals surface area contributed by atoms with Crippen molar-refractivity contribution in [2.45, 2.75) is 46.1 Å². The molecule has 3 heteroatoms. The summed E-state index contributed by atoms with van der Waals surface area (Å²) < 4.78 is 5.58. The molecule has 0 aromatic rings. The average Bonchev–Trinajstić information content (AvgIpc) is 1.84. The van der Waals surface area contributed by atoms with Crippen molar-refractivity contribution in [2.24, 2.45) is 5.92 Å². The zero-order valence-electron chi connectivity index (χ0n) is 8.04. The van der Waals surface area contributed by atoms with Crippen LogP contribution >= 0.6 is 24.8 Å². The average molecular weight is 206 g/mol. The van der Waals surface area contributed by atoms with Gasteiger partial charge in [-0.15, -0.1) is 0 Å². The first-order valence-corrected chi connectivity index (χ1v) is 5.27. The summed E-state index contributed by atoms with van der Waals surface area (Å²) >= 11 is 8.63. The maximum Gasteiger partial charge on any atom is 0.217 e. The molecule has 0 fully saturated rings. The van der Waals surface area contributed by atoms with Crippen LogP contribution in [0.4, 0.5) is 0 Å². The molecule has 0 rings (SSSR count). The Labute approximate surface area is 86.3 Å². The van der Waals surface area contributed by atoms with E-state index in [1.165, 1.54) is 12.8 Å². The molecule has 0 aliphatic heterocycles. The second-order valence-corrected chi connectivity index (χ2v) is 4.60. The van der Waals surface area contributed by atoms with Crippen molar-refractivity contribution in [3.05, 3.63) is 0 Å². The fourth-order valence-corrected chi connectivity index (χ4v) is 1.39. The van der Waals surface area contributed by atoms with E-state index in [1.807, 2.05) is 6.92 Å². The van der Waals surface area contributed by atoms with E-state index < -0.39 is 0 Å². The fourth-order valence-electron chi connectivity index (χ4n) is 1.04. The van der Waals surface area contributed by atoms with Gasteiger partial charge < -0.3 is 4.74 Å². The molecule has 0 aromatic carbocycles. The van der Waals surface area contributed by atoms with Gasteiger partial charge in [0.1, 0.15) is 0 Å². The number of rotatable bonds is 5. The molecule has 0 spiro atoms. The minimum absolute atomic E-state index is 0.216. The Morgan fingerprint density at radius 1 is 1.33 bits per heavy atom. The molecule has 1 atom stereocenters. The van der Waals surface area contributed by atoms with Crippen LogP contribution in [-0.4, -0.2) is 10.5 Å². The van der Waals surface area contributed by atoms with Gasteiger partial charge in [0, 0.05) is 0 Å². The maximum atomic E-state index is 5.23. The van der Waals surface area contributed by atoms with E-state index in [1.54, 1.807) is 0 Å². The van der Waals surface area contributed by atoms with Crippen LogP contribution in [0.1, 0.15) is 40.0 Å². The van der Waals surface area contributed by atoms with Gasteiger partial charge in [0.05, 0.1) is 6.10 Å². The van der Waals surface area contributed by atoms with Crippen LogP contribution in [0.25, 0.3) is 0 Å². The van der Waals surface area contributed by atoms with Gasteiger partial charge in [0.2, 0.25) is 4.38 Å². The normalized spacial score (nSPS) is 13.1. The Hall–Kier alpha value is 0.240. The third-order valence-corrected chi connectivity index (χ3v) is 1.90. The van der Waals surface area contributed by atoms with Gasteiger partial charge in [-0.05, 0) is 37.9 Å². The lowest BCUT2D eigenvalue weighted by atomic mass is 10.1. The fraction of sp³-hybridized carbons (Fsp3) is 0.889. The lowest BCUT2D eigenvalue weighted by Crippen LogP contribution is -2.09. The van der Waals surface area contributed by atoms with Crippen LogP contribution in [0.5, 0.6) is 0 Å². The SMILES string of the molecule is CC(C)CCCC(C)OC(=S)S. The van der Waals surface area contributed by atoms with E-state index in [-0.39, 0.29) is 6.10 Å². The maximum absolute atomic E-state index is 5.23. The molecule has 1 nitrogen and oxygen atoms in total. The molecular formula is C9H18OS2. The Balaban J connectivity index is 3.31. The minimum atomic E-state index is 0.216. The largest absolute Gasteiger partial charge is 0.476 e. The monoisotopic (exact) mass is 206 g/mol. The molecule has 0 aliphatic rings. The van der Waals surface area contributed by atoms with Crippen molar-refractivity contribution in [2.75, 3.05) is 0 Å². The molecule has 0 saturated carbocycles. The van der Waals surface area contributed by atoms with Crippen molar-refractivity contribution >= 4 is 29.2 Å². The Morgan fingerprint density at radius 3 is 2.33 bits per heavy atom. The van der Waals surface area contributed by atoms with Gasteiger partial charge in [-0.2, -0.15) is 0 Å². The summed E-state index contributed by atoms with van der Waals surface area (Å²) in [5.74, 6) is 0.778. The lowest BCUT2D eigenvalue weighted by Gasteiger charge is -2.12. The molecule has 12 heavy (non-hydrogen) atoms. The second-order valence-electron chi connectivity index (χ2n) is 3.52. The zero-order chi connectivity index (χ0) is 9.56. The van der Waals surface area contributed by atoms with Gasteiger partial charge in [0.25, 0.3) is 0 Å². The highest BCUT2D eigenvalue weighted by Gasteiger charge is 2.03. The van der Waals surface area contributed by atoms with E-state index >= 15 is 0 Å². The van der Waals surface area contributed by atoms with Gasteiger partial charge >= 0.3 is 0 Å². The van der Waals surface area contributed by atoms with E-state index in [9.17, 15) is 0 Å². The number of hydrogen-bond acceptors (Lipinski definition) is 2.